The second kappa shape index (κ2) is 6.96. The van der Waals surface area contributed by atoms with Crippen LogP contribution in [0.5, 0.6) is 5.75 Å². The minimum atomic E-state index is -0.0811. The number of fused-ring (bicyclic) bond motifs is 1. The molecule has 1 aliphatic heterocycles. The largest absolute Gasteiger partial charge is 0.491 e. The van der Waals surface area contributed by atoms with Crippen molar-refractivity contribution in [3.05, 3.63) is 57.8 Å². The number of nitrogens with zero attached hydrogens (tertiary/aromatic N) is 2. The van der Waals surface area contributed by atoms with Crippen LogP contribution in [-0.2, 0) is 6.54 Å². The molecule has 0 amide bonds. The summed E-state index contributed by atoms with van der Waals surface area (Å²) in [5.41, 5.74) is 4.21. The van der Waals surface area contributed by atoms with Crippen molar-refractivity contribution in [2.75, 3.05) is 20.2 Å². The molecule has 0 radical (unpaired) electrons. The van der Waals surface area contributed by atoms with Gasteiger partial charge in [-0.2, -0.15) is 0 Å². The maximum atomic E-state index is 11.9. The van der Waals surface area contributed by atoms with Gasteiger partial charge in [-0.15, -0.1) is 0 Å². The molecular weight excluding hydrogens is 328 g/mol. The molecule has 4 rings (SSSR count). The summed E-state index contributed by atoms with van der Waals surface area (Å²) in [6, 6.07) is 7.95. The third-order valence-electron chi connectivity index (χ3n) is 5.10. The lowest BCUT2D eigenvalue weighted by Gasteiger charge is -2.31. The first-order valence-corrected chi connectivity index (χ1v) is 9.06. The summed E-state index contributed by atoms with van der Waals surface area (Å²) in [7, 11) is 1.51. The van der Waals surface area contributed by atoms with E-state index in [0.717, 1.165) is 55.0 Å². The van der Waals surface area contributed by atoms with Gasteiger partial charge in [0.1, 0.15) is 5.82 Å². The highest BCUT2D eigenvalue weighted by atomic mass is 16.5. The zero-order chi connectivity index (χ0) is 18.1. The number of piperidine rings is 1. The van der Waals surface area contributed by atoms with Gasteiger partial charge >= 0.3 is 0 Å². The Kier molecular flexibility index (Phi) is 4.51. The standard InChI is InChI=1S/C20H24N4O2/c1-13-5-6-16-17(8-13)23-20(22-16)14-4-3-7-24(11-14)12-15-9-18(25)19(26-2)10-21-15/h5-6,8-10,14H,3-4,7,11-12H2,1-2H3,(H,21,25)(H,22,23). The van der Waals surface area contributed by atoms with Crippen LogP contribution in [0.15, 0.2) is 35.3 Å². The van der Waals surface area contributed by atoms with Crippen molar-refractivity contribution < 1.29 is 4.74 Å². The van der Waals surface area contributed by atoms with Gasteiger partial charge in [-0.25, -0.2) is 4.98 Å². The van der Waals surface area contributed by atoms with Crippen molar-refractivity contribution in [2.24, 2.45) is 0 Å². The predicted octanol–water partition coefficient (Wildman–Crippen LogP) is 2.95. The fourth-order valence-corrected chi connectivity index (χ4v) is 3.75. The predicted molar refractivity (Wildman–Crippen MR) is 102 cm³/mol. The summed E-state index contributed by atoms with van der Waals surface area (Å²) in [4.78, 5) is 25.8. The van der Waals surface area contributed by atoms with E-state index in [1.54, 1.807) is 12.3 Å². The van der Waals surface area contributed by atoms with Crippen LogP contribution in [0.1, 0.15) is 35.8 Å². The molecule has 0 aliphatic carbocycles. The van der Waals surface area contributed by atoms with E-state index in [4.69, 9.17) is 9.72 Å². The summed E-state index contributed by atoms with van der Waals surface area (Å²) in [6.45, 7) is 4.80. The Morgan fingerprint density at radius 1 is 1.35 bits per heavy atom. The molecule has 1 aromatic carbocycles. The molecule has 1 unspecified atom stereocenters. The van der Waals surface area contributed by atoms with E-state index in [1.165, 1.54) is 12.7 Å². The van der Waals surface area contributed by atoms with Crippen molar-refractivity contribution in [3.8, 4) is 5.75 Å². The third-order valence-corrected chi connectivity index (χ3v) is 5.10. The lowest BCUT2D eigenvalue weighted by atomic mass is 9.97. The summed E-state index contributed by atoms with van der Waals surface area (Å²) < 4.78 is 5.03. The van der Waals surface area contributed by atoms with E-state index in [2.05, 4.69) is 40.0 Å². The van der Waals surface area contributed by atoms with E-state index in [9.17, 15) is 4.79 Å². The highest BCUT2D eigenvalue weighted by Gasteiger charge is 2.24. The SMILES string of the molecule is COc1c[nH]c(CN2CCCC(c3nc4ccc(C)cc4[nH]3)C2)cc1=O. The van der Waals surface area contributed by atoms with Gasteiger partial charge in [0, 0.05) is 37.0 Å². The second-order valence-electron chi connectivity index (χ2n) is 7.11. The number of pyridine rings is 1. The number of benzene rings is 1. The number of hydrogen-bond donors (Lipinski definition) is 2. The monoisotopic (exact) mass is 352 g/mol. The minimum Gasteiger partial charge on any atom is -0.491 e. The van der Waals surface area contributed by atoms with Crippen molar-refractivity contribution >= 4 is 11.0 Å². The molecule has 0 spiro atoms. The molecule has 6 heteroatoms. The molecule has 1 atom stereocenters. The molecule has 136 valence electrons. The van der Waals surface area contributed by atoms with Gasteiger partial charge in [-0.05, 0) is 44.0 Å². The Labute approximate surface area is 152 Å². The van der Waals surface area contributed by atoms with Gasteiger partial charge in [-0.1, -0.05) is 6.07 Å². The molecule has 3 aromatic rings. The Hall–Kier alpha value is -2.60. The molecule has 1 aliphatic rings. The van der Waals surface area contributed by atoms with E-state index in [1.807, 2.05) is 0 Å². The number of aryl methyl sites for hydroxylation is 1. The van der Waals surface area contributed by atoms with Crippen LogP contribution in [0.3, 0.4) is 0 Å². The average Bonchev–Trinajstić information content (AvgIpc) is 3.05. The van der Waals surface area contributed by atoms with Crippen LogP contribution < -0.4 is 10.2 Å². The Morgan fingerprint density at radius 2 is 2.23 bits per heavy atom. The Morgan fingerprint density at radius 3 is 3.04 bits per heavy atom. The van der Waals surface area contributed by atoms with Crippen LogP contribution in [-0.4, -0.2) is 40.1 Å². The lowest BCUT2D eigenvalue weighted by Crippen LogP contribution is -2.34. The third kappa shape index (κ3) is 3.37. The summed E-state index contributed by atoms with van der Waals surface area (Å²) in [5, 5.41) is 0. The lowest BCUT2D eigenvalue weighted by molar-refractivity contribution is 0.195. The minimum absolute atomic E-state index is 0.0811. The fourth-order valence-electron chi connectivity index (χ4n) is 3.75. The average molecular weight is 352 g/mol. The van der Waals surface area contributed by atoms with E-state index >= 15 is 0 Å². The van der Waals surface area contributed by atoms with Crippen LogP contribution in [0.4, 0.5) is 0 Å². The molecule has 0 saturated carbocycles. The number of methoxy groups -OCH3 is 1. The molecule has 2 N–H and O–H groups in total. The summed E-state index contributed by atoms with van der Waals surface area (Å²) in [6.07, 6.45) is 3.90. The summed E-state index contributed by atoms with van der Waals surface area (Å²) >= 11 is 0. The molecular formula is C20H24N4O2. The van der Waals surface area contributed by atoms with Gasteiger partial charge in [0.05, 0.1) is 18.1 Å². The van der Waals surface area contributed by atoms with Gasteiger partial charge in [0.25, 0.3) is 0 Å². The number of hydrogen-bond acceptors (Lipinski definition) is 4. The van der Waals surface area contributed by atoms with Crippen LogP contribution >= 0.6 is 0 Å². The zero-order valence-corrected chi connectivity index (χ0v) is 15.2. The van der Waals surface area contributed by atoms with Crippen LogP contribution in [0.25, 0.3) is 11.0 Å². The van der Waals surface area contributed by atoms with Crippen LogP contribution in [0.2, 0.25) is 0 Å². The van der Waals surface area contributed by atoms with Gasteiger partial charge in [0.2, 0.25) is 5.43 Å². The van der Waals surface area contributed by atoms with E-state index in [0.29, 0.717) is 11.7 Å². The Balaban J connectivity index is 1.49. The van der Waals surface area contributed by atoms with Gasteiger partial charge in [-0.3, -0.25) is 9.69 Å². The number of aromatic nitrogens is 3. The second-order valence-corrected chi connectivity index (χ2v) is 7.11. The quantitative estimate of drug-likeness (QED) is 0.757. The van der Waals surface area contributed by atoms with Crippen molar-refractivity contribution in [2.45, 2.75) is 32.2 Å². The zero-order valence-electron chi connectivity index (χ0n) is 15.2. The first-order chi connectivity index (χ1) is 12.6. The number of ether oxygens (including phenoxy) is 1. The number of rotatable bonds is 4. The van der Waals surface area contributed by atoms with Gasteiger partial charge in [0.15, 0.2) is 5.75 Å². The topological polar surface area (TPSA) is 74.0 Å². The number of nitrogens with one attached hydrogen (secondary N) is 2. The maximum Gasteiger partial charge on any atom is 0.223 e. The van der Waals surface area contributed by atoms with Crippen LogP contribution in [0, 0.1) is 6.92 Å². The number of imidazole rings is 1. The molecule has 1 fully saturated rings. The normalized spacial score (nSPS) is 18.3. The number of aromatic amines is 2. The first-order valence-electron chi connectivity index (χ1n) is 9.06. The first kappa shape index (κ1) is 16.8. The maximum absolute atomic E-state index is 11.9. The highest BCUT2D eigenvalue weighted by Crippen LogP contribution is 2.27. The molecule has 2 aromatic heterocycles. The molecule has 26 heavy (non-hydrogen) atoms. The van der Waals surface area contributed by atoms with Crippen molar-refractivity contribution in [1.82, 2.24) is 19.9 Å². The summed E-state index contributed by atoms with van der Waals surface area (Å²) in [5.74, 6) is 1.81. The number of H-pyrrole nitrogens is 2. The van der Waals surface area contributed by atoms with E-state index < -0.39 is 0 Å². The molecule has 6 nitrogen and oxygen atoms in total. The van der Waals surface area contributed by atoms with Crippen molar-refractivity contribution in [3.63, 3.8) is 0 Å². The number of likely N-dealkylation sites (tertiary alicyclic amines) is 1. The molecule has 1 saturated heterocycles. The fraction of sp³-hybridized carbons (Fsp3) is 0.400. The smallest absolute Gasteiger partial charge is 0.223 e. The Bertz CT molecular complexity index is 975. The molecule has 0 bridgehead atoms. The molecule has 3 heterocycles. The van der Waals surface area contributed by atoms with Gasteiger partial charge < -0.3 is 14.7 Å². The van der Waals surface area contributed by atoms with E-state index in [-0.39, 0.29) is 5.43 Å². The van der Waals surface area contributed by atoms with Crippen molar-refractivity contribution in [1.29, 1.82) is 0 Å². The highest BCUT2D eigenvalue weighted by molar-refractivity contribution is 5.75.